The third kappa shape index (κ3) is 3.35. The van der Waals surface area contributed by atoms with Crippen molar-refractivity contribution < 1.29 is 13.2 Å². The Morgan fingerprint density at radius 1 is 1.23 bits per heavy atom. The number of fused-ring (bicyclic) bond motifs is 1. The molecule has 1 atom stereocenters. The first-order valence-corrected chi connectivity index (χ1v) is 11.9. The number of aromatic nitrogens is 5. The molecule has 0 N–H and O–H groups in total. The smallest absolute Gasteiger partial charge is 0.332 e. The van der Waals surface area contributed by atoms with Gasteiger partial charge in [0, 0.05) is 37.1 Å². The van der Waals surface area contributed by atoms with E-state index in [0.717, 1.165) is 10.3 Å². The largest absolute Gasteiger partial charge is 0.344 e. The number of nitrogens with zero attached hydrogens (tertiary/aromatic N) is 5. The molecule has 0 amide bonds. The van der Waals surface area contributed by atoms with E-state index in [1.807, 2.05) is 11.5 Å². The van der Waals surface area contributed by atoms with Crippen LogP contribution in [-0.4, -0.2) is 49.0 Å². The van der Waals surface area contributed by atoms with E-state index in [-0.39, 0.29) is 46.3 Å². The van der Waals surface area contributed by atoms with E-state index in [1.165, 1.54) is 23.2 Å². The molecule has 0 aromatic carbocycles. The summed E-state index contributed by atoms with van der Waals surface area (Å²) in [6.07, 6.45) is 0.508. The lowest BCUT2D eigenvalue weighted by atomic mass is 10.1. The predicted molar refractivity (Wildman–Crippen MR) is 116 cm³/mol. The Kier molecular flexibility index (Phi) is 5.01. The van der Waals surface area contributed by atoms with E-state index in [4.69, 9.17) is 11.6 Å². The Labute approximate surface area is 182 Å². The zero-order valence-electron chi connectivity index (χ0n) is 17.5. The van der Waals surface area contributed by atoms with Crippen LogP contribution in [0.3, 0.4) is 0 Å². The molecule has 0 unspecified atom stereocenters. The van der Waals surface area contributed by atoms with Crippen LogP contribution in [0.4, 0.5) is 0 Å². The highest BCUT2D eigenvalue weighted by molar-refractivity contribution is 7.91. The third-order valence-electron chi connectivity index (χ3n) is 5.96. The summed E-state index contributed by atoms with van der Waals surface area (Å²) in [5.41, 5.74) is 0.938. The van der Waals surface area contributed by atoms with Crippen LogP contribution in [0, 0.1) is 13.8 Å². The van der Waals surface area contributed by atoms with Crippen molar-refractivity contribution in [3.05, 3.63) is 49.1 Å². The molecule has 1 saturated heterocycles. The molecule has 0 saturated carbocycles. The molecule has 0 radical (unpaired) electrons. The van der Waals surface area contributed by atoms with Crippen molar-refractivity contribution in [1.29, 1.82) is 0 Å². The minimum Gasteiger partial charge on any atom is -0.344 e. The molecule has 0 bridgehead atoms. The lowest BCUT2D eigenvalue weighted by Gasteiger charge is -2.16. The number of Topliss-reactive ketones (excluding diaryl/α,β-unsaturated/α-hetero) is 1. The van der Waals surface area contributed by atoms with Crippen molar-refractivity contribution in [3.63, 3.8) is 0 Å². The minimum atomic E-state index is -3.08. The zero-order valence-corrected chi connectivity index (χ0v) is 19.1. The molecular formula is C19H22ClN5O5S. The fourth-order valence-corrected chi connectivity index (χ4v) is 6.32. The second-order valence-corrected chi connectivity index (χ2v) is 10.5. The van der Waals surface area contributed by atoms with Crippen molar-refractivity contribution in [2.75, 3.05) is 11.5 Å². The molecule has 4 heterocycles. The molecular weight excluding hydrogens is 446 g/mol. The summed E-state index contributed by atoms with van der Waals surface area (Å²) in [6.45, 7) is 3.37. The Morgan fingerprint density at radius 2 is 1.90 bits per heavy atom. The quantitative estimate of drug-likeness (QED) is 0.412. The van der Waals surface area contributed by atoms with Crippen LogP contribution in [0.5, 0.6) is 0 Å². The van der Waals surface area contributed by atoms with Crippen molar-refractivity contribution in [2.24, 2.45) is 14.1 Å². The number of rotatable bonds is 4. The fourth-order valence-electron chi connectivity index (χ4n) is 4.39. The topological polar surface area (TPSA) is 118 Å². The zero-order chi connectivity index (χ0) is 22.8. The van der Waals surface area contributed by atoms with Gasteiger partial charge in [-0.1, -0.05) is 0 Å². The number of sulfone groups is 1. The van der Waals surface area contributed by atoms with Gasteiger partial charge in [-0.05, 0) is 37.9 Å². The maximum atomic E-state index is 13.2. The molecule has 4 rings (SSSR count). The molecule has 10 nitrogen and oxygen atoms in total. The number of imidazole rings is 1. The summed E-state index contributed by atoms with van der Waals surface area (Å²) in [5, 5.41) is -0.0719. The predicted octanol–water partition coefficient (Wildman–Crippen LogP) is 0.748. The number of aryl methyl sites for hydroxylation is 2. The molecule has 1 aliphatic heterocycles. The average Bonchev–Trinajstić information content (AvgIpc) is 3.31. The van der Waals surface area contributed by atoms with E-state index < -0.39 is 21.1 Å². The van der Waals surface area contributed by atoms with Crippen LogP contribution < -0.4 is 11.2 Å². The minimum absolute atomic E-state index is 0.0546. The van der Waals surface area contributed by atoms with Gasteiger partial charge in [0.2, 0.25) is 5.28 Å². The number of hydrogen-bond acceptors (Lipinski definition) is 6. The average molecular weight is 468 g/mol. The van der Waals surface area contributed by atoms with Gasteiger partial charge >= 0.3 is 5.69 Å². The molecule has 1 fully saturated rings. The maximum absolute atomic E-state index is 13.2. The second-order valence-electron chi connectivity index (χ2n) is 7.98. The molecule has 1 aliphatic rings. The van der Waals surface area contributed by atoms with Gasteiger partial charge in [-0.25, -0.2) is 13.2 Å². The normalized spacial score (nSPS) is 18.2. The second kappa shape index (κ2) is 7.20. The molecule has 12 heteroatoms. The Hall–Kier alpha value is -2.66. The first-order valence-electron chi connectivity index (χ1n) is 9.66. The Balaban J connectivity index is 1.76. The van der Waals surface area contributed by atoms with E-state index in [0.29, 0.717) is 17.7 Å². The van der Waals surface area contributed by atoms with Crippen molar-refractivity contribution >= 4 is 38.4 Å². The number of carbonyl (C=O) groups is 1. The summed E-state index contributed by atoms with van der Waals surface area (Å²) < 4.78 is 29.1. The van der Waals surface area contributed by atoms with Crippen molar-refractivity contribution in [2.45, 2.75) is 32.9 Å². The van der Waals surface area contributed by atoms with Crippen LogP contribution in [0.1, 0.15) is 34.2 Å². The van der Waals surface area contributed by atoms with Gasteiger partial charge in [-0.3, -0.25) is 18.7 Å². The van der Waals surface area contributed by atoms with Gasteiger partial charge in [0.25, 0.3) is 5.56 Å². The SMILES string of the molecule is Cc1cc(C(=O)Cn2c(Cl)nc3c2c(=O)n(C)c(=O)n3C)c(C)n1[C@@H]1CCS(=O)(=O)C1. The van der Waals surface area contributed by atoms with E-state index in [9.17, 15) is 22.8 Å². The van der Waals surface area contributed by atoms with Crippen LogP contribution in [-0.2, 0) is 30.5 Å². The van der Waals surface area contributed by atoms with Gasteiger partial charge < -0.3 is 9.13 Å². The first kappa shape index (κ1) is 21.6. The maximum Gasteiger partial charge on any atom is 0.332 e. The van der Waals surface area contributed by atoms with Gasteiger partial charge in [0.05, 0.1) is 18.1 Å². The van der Waals surface area contributed by atoms with Gasteiger partial charge in [-0.2, -0.15) is 4.98 Å². The van der Waals surface area contributed by atoms with E-state index >= 15 is 0 Å². The number of ketones is 1. The van der Waals surface area contributed by atoms with E-state index in [2.05, 4.69) is 4.98 Å². The first-order chi connectivity index (χ1) is 14.4. The summed E-state index contributed by atoms with van der Waals surface area (Å²) in [4.78, 5) is 42.1. The number of hydrogen-bond donors (Lipinski definition) is 0. The number of halogens is 1. The lowest BCUT2D eigenvalue weighted by molar-refractivity contribution is 0.0972. The molecule has 0 aliphatic carbocycles. The lowest BCUT2D eigenvalue weighted by Crippen LogP contribution is -2.37. The highest BCUT2D eigenvalue weighted by Gasteiger charge is 2.32. The highest BCUT2D eigenvalue weighted by Crippen LogP contribution is 2.29. The van der Waals surface area contributed by atoms with Crippen molar-refractivity contribution in [1.82, 2.24) is 23.3 Å². The van der Waals surface area contributed by atoms with Crippen LogP contribution in [0.2, 0.25) is 5.28 Å². The van der Waals surface area contributed by atoms with Crippen molar-refractivity contribution in [3.8, 4) is 0 Å². The highest BCUT2D eigenvalue weighted by atomic mass is 35.5. The molecule has 166 valence electrons. The summed E-state index contributed by atoms with van der Waals surface area (Å²) in [7, 11) is -0.253. The molecule has 3 aromatic heterocycles. The van der Waals surface area contributed by atoms with Gasteiger partial charge in [0.1, 0.15) is 0 Å². The third-order valence-corrected chi connectivity index (χ3v) is 8.00. The summed E-state index contributed by atoms with van der Waals surface area (Å²) in [6, 6.07) is 1.52. The Morgan fingerprint density at radius 3 is 2.52 bits per heavy atom. The van der Waals surface area contributed by atoms with E-state index in [1.54, 1.807) is 13.0 Å². The molecule has 31 heavy (non-hydrogen) atoms. The molecule has 0 spiro atoms. The Bertz CT molecular complexity index is 1470. The monoisotopic (exact) mass is 467 g/mol. The van der Waals surface area contributed by atoms with Crippen LogP contribution in [0.25, 0.3) is 11.2 Å². The summed E-state index contributed by atoms with van der Waals surface area (Å²) in [5.74, 6) is -0.104. The van der Waals surface area contributed by atoms with Gasteiger partial charge in [-0.15, -0.1) is 0 Å². The number of carbonyl (C=O) groups excluding carboxylic acids is 1. The molecule has 3 aromatic rings. The fraction of sp³-hybridized carbons (Fsp3) is 0.474. The van der Waals surface area contributed by atoms with Crippen LogP contribution >= 0.6 is 11.6 Å². The standard InChI is InChI=1S/C19H22ClN5O5S/c1-10-7-13(11(2)25(10)12-5-6-31(29,30)9-12)14(26)8-24-15-16(21-18(24)20)22(3)19(28)23(4)17(15)27/h7,12H,5-6,8-9H2,1-4H3/t12-/m1/s1. The van der Waals surface area contributed by atoms with Gasteiger partial charge in [0.15, 0.2) is 26.8 Å². The van der Waals surface area contributed by atoms with Crippen LogP contribution in [0.15, 0.2) is 15.7 Å². The summed E-state index contributed by atoms with van der Waals surface area (Å²) >= 11 is 6.22.